The van der Waals surface area contributed by atoms with E-state index in [0.717, 1.165) is 0 Å². The summed E-state index contributed by atoms with van der Waals surface area (Å²) < 4.78 is 10.9. The molecule has 1 aliphatic carbocycles. The molecule has 5 nitrogen and oxygen atoms in total. The molecule has 1 fully saturated rings. The summed E-state index contributed by atoms with van der Waals surface area (Å²) in [5, 5.41) is 10.1. The maximum atomic E-state index is 13.1. The Morgan fingerprint density at radius 1 is 1.32 bits per heavy atom. The van der Waals surface area contributed by atoms with E-state index in [4.69, 9.17) is 9.47 Å². The largest absolute Gasteiger partial charge is 0.497 e. The minimum atomic E-state index is -1.52. The molecule has 0 spiro atoms. The number of hydrogen-bond acceptors (Lipinski definition) is 5. The van der Waals surface area contributed by atoms with Gasteiger partial charge in [-0.25, -0.2) is 4.79 Å². The molecule has 0 aromatic heterocycles. The predicted octanol–water partition coefficient (Wildman–Crippen LogP) is 3.56. The maximum Gasteiger partial charge on any atom is 0.331 e. The lowest BCUT2D eigenvalue weighted by Crippen LogP contribution is -2.47. The van der Waals surface area contributed by atoms with Gasteiger partial charge in [0.05, 0.1) is 13.2 Å². The fourth-order valence-electron chi connectivity index (χ4n) is 3.34. The zero-order valence-corrected chi connectivity index (χ0v) is 15.3. The molecular weight excluding hydrogens is 318 g/mol. The molecule has 1 saturated carbocycles. The molecule has 0 bridgehead atoms. The first-order valence-electron chi connectivity index (χ1n) is 8.54. The molecule has 0 heterocycles. The van der Waals surface area contributed by atoms with Gasteiger partial charge in [0.15, 0.2) is 5.41 Å². The lowest BCUT2D eigenvalue weighted by Gasteiger charge is -2.37. The normalized spacial score (nSPS) is 20.3. The molecule has 2 atom stereocenters. The second-order valence-corrected chi connectivity index (χ2v) is 7.49. The van der Waals surface area contributed by atoms with Crippen LogP contribution in [-0.2, 0) is 19.7 Å². The standard InChI is InChI=1S/C20H25NO4/c1-19(2,3)25-18(23)20(13-21,14-7-5-9-16(22)11-14)15-8-6-10-17(12-15)24-4/h6,8,10,12,14H,5,7,9,11H2,1-4H3. The highest BCUT2D eigenvalue weighted by Gasteiger charge is 2.51. The van der Waals surface area contributed by atoms with Gasteiger partial charge >= 0.3 is 5.97 Å². The van der Waals surface area contributed by atoms with Crippen LogP contribution in [0.1, 0.15) is 52.0 Å². The summed E-state index contributed by atoms with van der Waals surface area (Å²) in [6, 6.07) is 9.13. The van der Waals surface area contributed by atoms with Crippen molar-refractivity contribution in [1.29, 1.82) is 5.26 Å². The number of nitrogens with zero attached hydrogens (tertiary/aromatic N) is 1. The average molecular weight is 343 g/mol. The summed E-state index contributed by atoms with van der Waals surface area (Å²) in [7, 11) is 1.53. The third-order valence-corrected chi connectivity index (χ3v) is 4.52. The second-order valence-electron chi connectivity index (χ2n) is 7.49. The summed E-state index contributed by atoms with van der Waals surface area (Å²) in [6.45, 7) is 5.31. The van der Waals surface area contributed by atoms with Crippen LogP contribution in [0.15, 0.2) is 24.3 Å². The fraction of sp³-hybridized carbons (Fsp3) is 0.550. The molecule has 0 radical (unpaired) electrons. The molecule has 0 amide bonds. The Balaban J connectivity index is 2.57. The first-order chi connectivity index (χ1) is 11.7. The van der Waals surface area contributed by atoms with Gasteiger partial charge < -0.3 is 9.47 Å². The van der Waals surface area contributed by atoms with Gasteiger partial charge in [0, 0.05) is 12.8 Å². The number of methoxy groups -OCH3 is 1. The lowest BCUT2D eigenvalue weighted by atomic mass is 9.65. The number of carbonyl (C=O) groups is 2. The number of ether oxygens (including phenoxy) is 2. The van der Waals surface area contributed by atoms with Crippen LogP contribution in [0, 0.1) is 17.2 Å². The number of esters is 1. The maximum absolute atomic E-state index is 13.1. The Bertz CT molecular complexity index is 698. The van der Waals surface area contributed by atoms with Crippen LogP contribution in [0.5, 0.6) is 5.75 Å². The van der Waals surface area contributed by atoms with E-state index in [0.29, 0.717) is 30.6 Å². The van der Waals surface area contributed by atoms with Gasteiger partial charge in [-0.1, -0.05) is 12.1 Å². The molecule has 0 N–H and O–H groups in total. The van der Waals surface area contributed by atoms with Gasteiger partial charge in [-0.05, 0) is 57.2 Å². The van der Waals surface area contributed by atoms with Gasteiger partial charge in [-0.15, -0.1) is 0 Å². The van der Waals surface area contributed by atoms with E-state index in [9.17, 15) is 14.9 Å². The van der Waals surface area contributed by atoms with Gasteiger partial charge in [-0.2, -0.15) is 5.26 Å². The van der Waals surface area contributed by atoms with Crippen LogP contribution in [0.4, 0.5) is 0 Å². The second kappa shape index (κ2) is 7.26. The molecule has 0 aliphatic heterocycles. The first kappa shape index (κ1) is 19.0. The summed E-state index contributed by atoms with van der Waals surface area (Å²) >= 11 is 0. The molecule has 1 aromatic rings. The van der Waals surface area contributed by atoms with Gasteiger partial charge in [0.1, 0.15) is 17.1 Å². The average Bonchev–Trinajstić information content (AvgIpc) is 2.55. The number of ketones is 1. The molecule has 1 aromatic carbocycles. The van der Waals surface area contributed by atoms with Crippen molar-refractivity contribution < 1.29 is 19.1 Å². The Labute approximate surface area is 148 Å². The molecule has 5 heteroatoms. The molecule has 2 rings (SSSR count). The van der Waals surface area contributed by atoms with Crippen LogP contribution >= 0.6 is 0 Å². The number of benzene rings is 1. The zero-order chi connectivity index (χ0) is 18.7. The molecule has 2 unspecified atom stereocenters. The highest BCUT2D eigenvalue weighted by molar-refractivity contribution is 5.89. The third-order valence-electron chi connectivity index (χ3n) is 4.52. The van der Waals surface area contributed by atoms with E-state index in [1.807, 2.05) is 0 Å². The molecule has 25 heavy (non-hydrogen) atoms. The van der Waals surface area contributed by atoms with E-state index in [2.05, 4.69) is 6.07 Å². The number of hydrogen-bond donors (Lipinski definition) is 0. The smallest absolute Gasteiger partial charge is 0.331 e. The molecular formula is C20H25NO4. The van der Waals surface area contributed by atoms with E-state index in [1.165, 1.54) is 7.11 Å². The number of Topliss-reactive ketones (excluding diaryl/α,β-unsaturated/α-hetero) is 1. The highest BCUT2D eigenvalue weighted by Crippen LogP contribution is 2.42. The highest BCUT2D eigenvalue weighted by atomic mass is 16.6. The van der Waals surface area contributed by atoms with Crippen molar-refractivity contribution in [2.24, 2.45) is 5.92 Å². The van der Waals surface area contributed by atoms with Crippen LogP contribution in [0.25, 0.3) is 0 Å². The Morgan fingerprint density at radius 3 is 2.60 bits per heavy atom. The lowest BCUT2D eigenvalue weighted by molar-refractivity contribution is -0.162. The summed E-state index contributed by atoms with van der Waals surface area (Å²) in [4.78, 5) is 25.1. The molecule has 134 valence electrons. The summed E-state index contributed by atoms with van der Waals surface area (Å²) in [5.41, 5.74) is -1.72. The van der Waals surface area contributed by atoms with E-state index in [1.54, 1.807) is 45.0 Å². The van der Waals surface area contributed by atoms with Crippen molar-refractivity contribution in [3.63, 3.8) is 0 Å². The monoisotopic (exact) mass is 343 g/mol. The fourth-order valence-corrected chi connectivity index (χ4v) is 3.34. The van der Waals surface area contributed by atoms with Gasteiger partial charge in [0.2, 0.25) is 0 Å². The minimum absolute atomic E-state index is 0.0855. The van der Waals surface area contributed by atoms with Gasteiger partial charge in [0.25, 0.3) is 0 Å². The first-order valence-corrected chi connectivity index (χ1v) is 8.54. The SMILES string of the molecule is COc1cccc(C(C#N)(C(=O)OC(C)(C)C)C2CCCC(=O)C2)c1. The minimum Gasteiger partial charge on any atom is -0.497 e. The van der Waals surface area contributed by atoms with E-state index >= 15 is 0 Å². The Kier molecular flexibility index (Phi) is 5.52. The third kappa shape index (κ3) is 4.01. The van der Waals surface area contributed by atoms with Crippen LogP contribution in [-0.4, -0.2) is 24.5 Å². The van der Waals surface area contributed by atoms with Crippen LogP contribution < -0.4 is 4.74 Å². The quantitative estimate of drug-likeness (QED) is 0.781. The van der Waals surface area contributed by atoms with Crippen molar-refractivity contribution in [3.8, 4) is 11.8 Å². The summed E-state index contributed by atoms with van der Waals surface area (Å²) in [5.74, 6) is -0.360. The van der Waals surface area contributed by atoms with E-state index < -0.39 is 22.9 Å². The van der Waals surface area contributed by atoms with Crippen LogP contribution in [0.2, 0.25) is 0 Å². The van der Waals surface area contributed by atoms with Crippen molar-refractivity contribution in [1.82, 2.24) is 0 Å². The van der Waals surface area contributed by atoms with Crippen molar-refractivity contribution in [2.75, 3.05) is 7.11 Å². The summed E-state index contributed by atoms with van der Waals surface area (Å²) in [6.07, 6.45) is 2.03. The number of rotatable bonds is 4. The Morgan fingerprint density at radius 2 is 2.04 bits per heavy atom. The van der Waals surface area contributed by atoms with Crippen molar-refractivity contribution in [2.45, 2.75) is 57.5 Å². The zero-order valence-electron chi connectivity index (χ0n) is 15.3. The molecule has 1 aliphatic rings. The van der Waals surface area contributed by atoms with E-state index in [-0.39, 0.29) is 12.2 Å². The topological polar surface area (TPSA) is 76.4 Å². The number of carbonyl (C=O) groups excluding carboxylic acids is 2. The van der Waals surface area contributed by atoms with Gasteiger partial charge in [-0.3, -0.25) is 4.79 Å². The van der Waals surface area contributed by atoms with Crippen LogP contribution in [0.3, 0.4) is 0 Å². The van der Waals surface area contributed by atoms with Crippen molar-refractivity contribution in [3.05, 3.63) is 29.8 Å². The molecule has 0 saturated heterocycles. The predicted molar refractivity (Wildman–Crippen MR) is 93.1 cm³/mol. The number of nitriles is 1. The Hall–Kier alpha value is -2.35. The van der Waals surface area contributed by atoms with Crippen molar-refractivity contribution >= 4 is 11.8 Å².